The molecular formula is C19H27N5. The van der Waals surface area contributed by atoms with Crippen LogP contribution in [0, 0.1) is 0 Å². The van der Waals surface area contributed by atoms with Crippen molar-refractivity contribution >= 4 is 5.95 Å². The lowest BCUT2D eigenvalue weighted by Crippen LogP contribution is -2.10. The summed E-state index contributed by atoms with van der Waals surface area (Å²) in [4.78, 5) is 8.70. The molecule has 0 atom stereocenters. The van der Waals surface area contributed by atoms with Crippen LogP contribution in [0.15, 0.2) is 24.5 Å². The fourth-order valence-electron chi connectivity index (χ4n) is 3.61. The molecule has 1 saturated carbocycles. The van der Waals surface area contributed by atoms with Crippen LogP contribution in [0.2, 0.25) is 0 Å². The molecule has 2 heterocycles. The first-order valence-electron chi connectivity index (χ1n) is 9.25. The van der Waals surface area contributed by atoms with E-state index in [1.807, 2.05) is 12.1 Å². The minimum absolute atomic E-state index is 0.275. The summed E-state index contributed by atoms with van der Waals surface area (Å²) in [6.07, 6.45) is 16.5. The van der Waals surface area contributed by atoms with Crippen LogP contribution in [-0.4, -0.2) is 20.2 Å². The Morgan fingerprint density at radius 1 is 0.792 bits per heavy atom. The Morgan fingerprint density at radius 3 is 2.00 bits per heavy atom. The quantitative estimate of drug-likeness (QED) is 0.878. The van der Waals surface area contributed by atoms with Gasteiger partial charge in [0.25, 0.3) is 0 Å². The van der Waals surface area contributed by atoms with Crippen molar-refractivity contribution in [2.45, 2.75) is 70.1 Å². The number of hydrogen-bond donors (Lipinski definition) is 1. The largest absolute Gasteiger partial charge is 0.366 e. The van der Waals surface area contributed by atoms with Gasteiger partial charge in [0, 0.05) is 23.9 Å². The molecule has 1 aliphatic rings. The van der Waals surface area contributed by atoms with Gasteiger partial charge >= 0.3 is 0 Å². The van der Waals surface area contributed by atoms with E-state index >= 15 is 0 Å². The second-order valence-electron chi connectivity index (χ2n) is 6.74. The van der Waals surface area contributed by atoms with Gasteiger partial charge in [-0.3, -0.25) is 4.98 Å². The highest BCUT2D eigenvalue weighted by atomic mass is 15.2. The van der Waals surface area contributed by atoms with Gasteiger partial charge in [-0.05, 0) is 25.0 Å². The highest BCUT2D eigenvalue weighted by Gasteiger charge is 2.20. The summed E-state index contributed by atoms with van der Waals surface area (Å²) >= 11 is 0. The third-order valence-electron chi connectivity index (χ3n) is 4.93. The molecular weight excluding hydrogens is 298 g/mol. The van der Waals surface area contributed by atoms with Crippen molar-refractivity contribution in [3.63, 3.8) is 0 Å². The molecule has 2 aromatic rings. The molecule has 1 aliphatic carbocycles. The van der Waals surface area contributed by atoms with E-state index in [-0.39, 0.29) is 5.95 Å². The third kappa shape index (κ3) is 4.49. The number of pyridine rings is 1. The van der Waals surface area contributed by atoms with Gasteiger partial charge in [-0.15, -0.1) is 10.2 Å². The number of hydrogen-bond acceptors (Lipinski definition) is 5. The standard InChI is InChI=1S/C19H27N5/c20-19-22-17(18(23-24-19)16-11-13-21-14-12-16)15-9-7-5-3-1-2-4-6-8-10-15/h11-15H,1-10H2,(H2,20,22,24). The molecule has 5 nitrogen and oxygen atoms in total. The van der Waals surface area contributed by atoms with Gasteiger partial charge in [0.2, 0.25) is 5.95 Å². The molecule has 3 rings (SSSR count). The van der Waals surface area contributed by atoms with Crippen LogP contribution >= 0.6 is 0 Å². The molecule has 0 radical (unpaired) electrons. The minimum Gasteiger partial charge on any atom is -0.366 e. The Morgan fingerprint density at radius 2 is 1.38 bits per heavy atom. The van der Waals surface area contributed by atoms with E-state index in [9.17, 15) is 0 Å². The maximum absolute atomic E-state index is 5.87. The van der Waals surface area contributed by atoms with Crippen LogP contribution in [-0.2, 0) is 0 Å². The fraction of sp³-hybridized carbons (Fsp3) is 0.579. The lowest BCUT2D eigenvalue weighted by atomic mass is 9.90. The second-order valence-corrected chi connectivity index (χ2v) is 6.74. The van der Waals surface area contributed by atoms with Crippen molar-refractivity contribution in [1.82, 2.24) is 20.2 Å². The normalized spacial score (nSPS) is 18.0. The summed E-state index contributed by atoms with van der Waals surface area (Å²) < 4.78 is 0. The lowest BCUT2D eigenvalue weighted by molar-refractivity contribution is 0.504. The topological polar surface area (TPSA) is 77.6 Å². The molecule has 0 amide bonds. The summed E-state index contributed by atoms with van der Waals surface area (Å²) in [6, 6.07) is 3.94. The predicted octanol–water partition coefficient (Wildman–Crippen LogP) is 4.51. The summed E-state index contributed by atoms with van der Waals surface area (Å²) in [6.45, 7) is 0. The second kappa shape index (κ2) is 8.71. The monoisotopic (exact) mass is 325 g/mol. The number of aromatic nitrogens is 4. The zero-order valence-corrected chi connectivity index (χ0v) is 14.3. The number of anilines is 1. The molecule has 0 unspecified atom stereocenters. The van der Waals surface area contributed by atoms with Crippen LogP contribution in [0.1, 0.15) is 75.8 Å². The molecule has 0 aliphatic heterocycles. The van der Waals surface area contributed by atoms with Gasteiger partial charge in [-0.1, -0.05) is 51.4 Å². The van der Waals surface area contributed by atoms with Crippen molar-refractivity contribution in [3.8, 4) is 11.3 Å². The SMILES string of the molecule is Nc1nnc(-c2ccncc2)c(C2CCCCCCCCCC2)n1. The number of nitrogen functional groups attached to an aromatic ring is 1. The Balaban J connectivity index is 1.88. The number of rotatable bonds is 2. The molecule has 0 spiro atoms. The van der Waals surface area contributed by atoms with Crippen molar-refractivity contribution in [3.05, 3.63) is 30.2 Å². The average molecular weight is 325 g/mol. The van der Waals surface area contributed by atoms with E-state index in [4.69, 9.17) is 5.73 Å². The van der Waals surface area contributed by atoms with Gasteiger partial charge in [0.1, 0.15) is 5.69 Å². The van der Waals surface area contributed by atoms with Gasteiger partial charge < -0.3 is 5.73 Å². The highest BCUT2D eigenvalue weighted by Crippen LogP contribution is 2.33. The first-order valence-corrected chi connectivity index (χ1v) is 9.25. The van der Waals surface area contributed by atoms with Crippen LogP contribution in [0.4, 0.5) is 5.95 Å². The Kier molecular flexibility index (Phi) is 6.10. The van der Waals surface area contributed by atoms with E-state index in [0.717, 1.165) is 29.8 Å². The molecule has 24 heavy (non-hydrogen) atoms. The molecule has 2 aromatic heterocycles. The molecule has 5 heteroatoms. The van der Waals surface area contributed by atoms with E-state index in [2.05, 4.69) is 20.2 Å². The van der Waals surface area contributed by atoms with Crippen LogP contribution in [0.3, 0.4) is 0 Å². The first-order chi connectivity index (χ1) is 11.8. The molecule has 2 N–H and O–H groups in total. The Labute approximate surface area is 144 Å². The predicted molar refractivity (Wildman–Crippen MR) is 96.4 cm³/mol. The zero-order chi connectivity index (χ0) is 16.6. The van der Waals surface area contributed by atoms with Gasteiger partial charge in [-0.25, -0.2) is 4.98 Å². The highest BCUT2D eigenvalue weighted by molar-refractivity contribution is 5.61. The Bertz CT molecular complexity index is 617. The van der Waals surface area contributed by atoms with E-state index in [1.54, 1.807) is 12.4 Å². The Hall–Kier alpha value is -2.04. The summed E-state index contributed by atoms with van der Waals surface area (Å²) in [5, 5.41) is 8.37. The van der Waals surface area contributed by atoms with Crippen molar-refractivity contribution in [2.75, 3.05) is 5.73 Å². The van der Waals surface area contributed by atoms with E-state index < -0.39 is 0 Å². The molecule has 1 fully saturated rings. The van der Waals surface area contributed by atoms with Crippen LogP contribution < -0.4 is 5.73 Å². The van der Waals surface area contributed by atoms with Crippen LogP contribution in [0.5, 0.6) is 0 Å². The number of nitrogens with zero attached hydrogens (tertiary/aromatic N) is 4. The lowest BCUT2D eigenvalue weighted by Gasteiger charge is -2.18. The first kappa shape index (κ1) is 16.8. The summed E-state index contributed by atoms with van der Waals surface area (Å²) in [7, 11) is 0. The van der Waals surface area contributed by atoms with E-state index in [1.165, 1.54) is 51.4 Å². The van der Waals surface area contributed by atoms with E-state index in [0.29, 0.717) is 5.92 Å². The van der Waals surface area contributed by atoms with Crippen molar-refractivity contribution in [1.29, 1.82) is 0 Å². The van der Waals surface area contributed by atoms with Gasteiger partial charge in [0.05, 0.1) is 5.69 Å². The maximum atomic E-state index is 5.87. The van der Waals surface area contributed by atoms with Crippen molar-refractivity contribution in [2.24, 2.45) is 0 Å². The summed E-state index contributed by atoms with van der Waals surface area (Å²) in [5.74, 6) is 0.696. The molecule has 0 bridgehead atoms. The smallest absolute Gasteiger partial charge is 0.240 e. The average Bonchev–Trinajstić information content (AvgIpc) is 2.68. The minimum atomic E-state index is 0.275. The van der Waals surface area contributed by atoms with Gasteiger partial charge in [-0.2, -0.15) is 0 Å². The molecule has 0 aromatic carbocycles. The summed E-state index contributed by atoms with van der Waals surface area (Å²) in [5.41, 5.74) is 8.78. The third-order valence-corrected chi connectivity index (χ3v) is 4.93. The maximum Gasteiger partial charge on any atom is 0.240 e. The molecule has 0 saturated heterocycles. The van der Waals surface area contributed by atoms with Gasteiger partial charge in [0.15, 0.2) is 0 Å². The van der Waals surface area contributed by atoms with Crippen LogP contribution in [0.25, 0.3) is 11.3 Å². The fourth-order valence-corrected chi connectivity index (χ4v) is 3.61. The zero-order valence-electron chi connectivity index (χ0n) is 14.3. The number of nitrogens with two attached hydrogens (primary N) is 1. The van der Waals surface area contributed by atoms with Crippen molar-refractivity contribution < 1.29 is 0 Å². The molecule has 128 valence electrons.